The lowest BCUT2D eigenvalue weighted by molar-refractivity contribution is -0.137. The van der Waals surface area contributed by atoms with Crippen molar-refractivity contribution in [3.8, 4) is 11.3 Å². The molecule has 2 aromatic carbocycles. The number of rotatable bonds is 5. The summed E-state index contributed by atoms with van der Waals surface area (Å²) in [5, 5.41) is 8.29. The zero-order valence-corrected chi connectivity index (χ0v) is 18.7. The number of para-hydroxylation sites is 1. The standard InChI is InChI=1S/C23H21F3N4O3S/c24-23(25,26)17-8-16(22-10-15-4-1-2-7-21(15)33-22)9-20(11-17)34(31,32)29-18-5-3-6-19(12-18)30-13-27-28-14-30/h1-2,4,7-11,13-14,18-19,29H,3,5-6,12H2/t18-,19+/m0/s1. The number of sulfonamides is 1. The van der Waals surface area contributed by atoms with Crippen LogP contribution in [0, 0.1) is 0 Å². The van der Waals surface area contributed by atoms with E-state index in [4.69, 9.17) is 4.42 Å². The van der Waals surface area contributed by atoms with Crippen LogP contribution >= 0.6 is 0 Å². The minimum atomic E-state index is -4.73. The minimum Gasteiger partial charge on any atom is -0.456 e. The first-order chi connectivity index (χ1) is 16.2. The second-order valence-corrected chi connectivity index (χ2v) is 10.2. The number of hydrogen-bond donors (Lipinski definition) is 1. The van der Waals surface area contributed by atoms with Crippen LogP contribution in [0.5, 0.6) is 0 Å². The Bertz CT molecular complexity index is 1380. The molecule has 1 aliphatic rings. The molecule has 0 amide bonds. The number of alkyl halides is 3. The summed E-state index contributed by atoms with van der Waals surface area (Å²) in [4.78, 5) is -0.454. The Morgan fingerprint density at radius 3 is 2.53 bits per heavy atom. The molecular weight excluding hydrogens is 469 g/mol. The smallest absolute Gasteiger partial charge is 0.416 e. The molecule has 178 valence electrons. The van der Waals surface area contributed by atoms with Crippen molar-refractivity contribution >= 4 is 21.0 Å². The van der Waals surface area contributed by atoms with Crippen molar-refractivity contribution in [2.45, 2.75) is 48.8 Å². The maximum Gasteiger partial charge on any atom is 0.416 e. The van der Waals surface area contributed by atoms with Crippen molar-refractivity contribution in [1.82, 2.24) is 19.5 Å². The number of aromatic nitrogens is 3. The van der Waals surface area contributed by atoms with E-state index in [2.05, 4.69) is 14.9 Å². The lowest BCUT2D eigenvalue weighted by Crippen LogP contribution is -2.38. The Kier molecular flexibility index (Phi) is 5.68. The van der Waals surface area contributed by atoms with Crippen molar-refractivity contribution in [3.63, 3.8) is 0 Å². The monoisotopic (exact) mass is 490 g/mol. The van der Waals surface area contributed by atoms with Gasteiger partial charge in [-0.3, -0.25) is 0 Å². The van der Waals surface area contributed by atoms with Crippen molar-refractivity contribution < 1.29 is 26.0 Å². The first-order valence-corrected chi connectivity index (χ1v) is 12.2. The number of halogens is 3. The minimum absolute atomic E-state index is 0.0177. The Labute approximate surface area is 193 Å². The van der Waals surface area contributed by atoms with Crippen molar-refractivity contribution in [3.05, 3.63) is 66.7 Å². The summed E-state index contributed by atoms with van der Waals surface area (Å²) in [6.07, 6.45) is 1.12. The molecule has 0 spiro atoms. The van der Waals surface area contributed by atoms with Crippen molar-refractivity contribution in [2.24, 2.45) is 0 Å². The molecule has 0 unspecified atom stereocenters. The average Bonchev–Trinajstić information content (AvgIpc) is 3.48. The molecule has 1 aliphatic carbocycles. The first kappa shape index (κ1) is 22.6. The van der Waals surface area contributed by atoms with Gasteiger partial charge in [0, 0.05) is 23.0 Å². The van der Waals surface area contributed by atoms with E-state index in [0.717, 1.165) is 18.9 Å². The third-order valence-corrected chi connectivity index (χ3v) is 7.58. The van der Waals surface area contributed by atoms with Crippen LogP contribution in [0.3, 0.4) is 0 Å². The van der Waals surface area contributed by atoms with E-state index in [1.165, 1.54) is 6.07 Å². The maximum atomic E-state index is 13.7. The first-order valence-electron chi connectivity index (χ1n) is 10.8. The summed E-state index contributed by atoms with van der Waals surface area (Å²) < 4.78 is 77.5. The van der Waals surface area contributed by atoms with Gasteiger partial charge in [-0.15, -0.1) is 10.2 Å². The van der Waals surface area contributed by atoms with Crippen LogP contribution in [0.15, 0.2) is 70.5 Å². The summed E-state index contributed by atoms with van der Waals surface area (Å²) >= 11 is 0. The molecule has 2 aromatic heterocycles. The molecule has 0 aliphatic heterocycles. The van der Waals surface area contributed by atoms with E-state index in [1.54, 1.807) is 43.0 Å². The Morgan fingerprint density at radius 2 is 1.79 bits per heavy atom. The van der Waals surface area contributed by atoms with Crippen LogP contribution in [-0.4, -0.2) is 29.2 Å². The molecule has 0 bridgehead atoms. The molecule has 7 nitrogen and oxygen atoms in total. The topological polar surface area (TPSA) is 90.0 Å². The SMILES string of the molecule is O=S(=O)(N[C@H]1CCC[C@@H](n2cnnc2)C1)c1cc(-c2cc3ccccc3o2)cc(C(F)(F)F)c1. The van der Waals surface area contributed by atoms with Gasteiger partial charge in [0.15, 0.2) is 0 Å². The summed E-state index contributed by atoms with van der Waals surface area (Å²) in [5.74, 6) is 0.161. The molecule has 0 radical (unpaired) electrons. The fourth-order valence-corrected chi connectivity index (χ4v) is 5.76. The van der Waals surface area contributed by atoms with Crippen LogP contribution in [-0.2, 0) is 16.2 Å². The fourth-order valence-electron chi connectivity index (χ4n) is 4.41. The summed E-state index contributed by atoms with van der Waals surface area (Å²) in [7, 11) is -4.23. The molecule has 1 fully saturated rings. The van der Waals surface area contributed by atoms with Gasteiger partial charge >= 0.3 is 6.18 Å². The third-order valence-electron chi connectivity index (χ3n) is 6.08. The molecular formula is C23H21F3N4O3S. The van der Waals surface area contributed by atoms with Gasteiger partial charge in [-0.1, -0.05) is 18.2 Å². The van der Waals surface area contributed by atoms with Crippen LogP contribution in [0.2, 0.25) is 0 Å². The third kappa shape index (κ3) is 4.58. The van der Waals surface area contributed by atoms with E-state index in [9.17, 15) is 21.6 Å². The highest BCUT2D eigenvalue weighted by molar-refractivity contribution is 7.89. The molecule has 0 saturated heterocycles. The normalized spacial score (nSPS) is 19.5. The number of benzene rings is 2. The Balaban J connectivity index is 1.48. The van der Waals surface area contributed by atoms with E-state index in [-0.39, 0.29) is 17.4 Å². The van der Waals surface area contributed by atoms with Gasteiger partial charge in [0.25, 0.3) is 0 Å². The predicted octanol–water partition coefficient (Wildman–Crippen LogP) is 5.17. The largest absolute Gasteiger partial charge is 0.456 e. The van der Waals surface area contributed by atoms with Crippen LogP contribution in [0.1, 0.15) is 37.3 Å². The highest BCUT2D eigenvalue weighted by atomic mass is 32.2. The van der Waals surface area contributed by atoms with Crippen molar-refractivity contribution in [2.75, 3.05) is 0 Å². The number of nitrogens with zero attached hydrogens (tertiary/aromatic N) is 3. The van der Waals surface area contributed by atoms with Gasteiger partial charge < -0.3 is 8.98 Å². The molecule has 11 heteroatoms. The highest BCUT2D eigenvalue weighted by Crippen LogP contribution is 2.37. The molecule has 1 saturated carbocycles. The van der Waals surface area contributed by atoms with E-state index in [1.807, 2.05) is 4.57 Å². The predicted molar refractivity (Wildman–Crippen MR) is 118 cm³/mol. The van der Waals surface area contributed by atoms with Gasteiger partial charge in [0.05, 0.1) is 10.5 Å². The van der Waals surface area contributed by atoms with Crippen molar-refractivity contribution in [1.29, 1.82) is 0 Å². The number of nitrogens with one attached hydrogen (secondary N) is 1. The van der Waals surface area contributed by atoms with Gasteiger partial charge in [-0.25, -0.2) is 13.1 Å². The Hall–Kier alpha value is -3.18. The lowest BCUT2D eigenvalue weighted by Gasteiger charge is -2.30. The maximum absolute atomic E-state index is 13.7. The van der Waals surface area contributed by atoms with Crippen LogP contribution < -0.4 is 4.72 Å². The molecule has 2 atom stereocenters. The number of hydrogen-bond acceptors (Lipinski definition) is 5. The fraction of sp³-hybridized carbons (Fsp3) is 0.304. The molecule has 1 N–H and O–H groups in total. The molecule has 34 heavy (non-hydrogen) atoms. The summed E-state index contributed by atoms with van der Waals surface area (Å²) in [5.41, 5.74) is -0.520. The molecule has 4 aromatic rings. The molecule has 5 rings (SSSR count). The quantitative estimate of drug-likeness (QED) is 0.417. The second-order valence-electron chi connectivity index (χ2n) is 8.44. The zero-order chi connectivity index (χ0) is 23.9. The number of furan rings is 1. The molecule has 2 heterocycles. The van der Waals surface area contributed by atoms with Gasteiger partial charge in [-0.2, -0.15) is 13.2 Å². The van der Waals surface area contributed by atoms with Crippen LogP contribution in [0.25, 0.3) is 22.3 Å². The Morgan fingerprint density at radius 1 is 1.03 bits per heavy atom. The summed E-state index contributed by atoms with van der Waals surface area (Å²) in [6.45, 7) is 0. The van der Waals surface area contributed by atoms with E-state index >= 15 is 0 Å². The average molecular weight is 491 g/mol. The zero-order valence-electron chi connectivity index (χ0n) is 17.9. The highest BCUT2D eigenvalue weighted by Gasteiger charge is 2.34. The lowest BCUT2D eigenvalue weighted by atomic mass is 9.91. The summed E-state index contributed by atoms with van der Waals surface area (Å²) in [6, 6.07) is 11.0. The van der Waals surface area contributed by atoms with Gasteiger partial charge in [0.1, 0.15) is 24.0 Å². The number of fused-ring (bicyclic) bond motifs is 1. The van der Waals surface area contributed by atoms with Gasteiger partial charge in [-0.05, 0) is 56.0 Å². The van der Waals surface area contributed by atoms with E-state index in [0.29, 0.717) is 29.9 Å². The van der Waals surface area contributed by atoms with Crippen LogP contribution in [0.4, 0.5) is 13.2 Å². The van der Waals surface area contributed by atoms with Gasteiger partial charge in [0.2, 0.25) is 10.0 Å². The van der Waals surface area contributed by atoms with E-state index < -0.39 is 32.7 Å². The second kappa shape index (κ2) is 8.55.